The van der Waals surface area contributed by atoms with E-state index in [1.807, 2.05) is 0 Å². The molecule has 0 spiro atoms. The zero-order chi connectivity index (χ0) is 7.56. The number of hydrogen-bond acceptors (Lipinski definition) is 2. The van der Waals surface area contributed by atoms with Crippen molar-refractivity contribution in [1.82, 2.24) is 4.98 Å². The Morgan fingerprint density at radius 2 is 2.50 bits per heavy atom. The topological polar surface area (TPSA) is 53.1 Å². The fourth-order valence-corrected chi connectivity index (χ4v) is 0.734. The first kappa shape index (κ1) is 7.02. The predicted octanol–water partition coefficient (Wildman–Crippen LogP) is 0.710. The number of Topliss-reactive ketones (excluding diaryl/α,β-unsaturated/α-hetero) is 1. The molecular formula is C7H9NO2. The van der Waals surface area contributed by atoms with E-state index in [1.165, 1.54) is 6.92 Å². The monoisotopic (exact) mass is 139 g/mol. The molecule has 1 aromatic rings. The molecule has 0 saturated carbocycles. The fourth-order valence-electron chi connectivity index (χ4n) is 0.734. The van der Waals surface area contributed by atoms with Crippen LogP contribution < -0.4 is 0 Å². The molecule has 0 fully saturated rings. The third kappa shape index (κ3) is 1.25. The predicted molar refractivity (Wildman–Crippen MR) is 36.7 cm³/mol. The first-order valence-electron chi connectivity index (χ1n) is 3.03. The minimum atomic E-state index is -0.0240. The normalized spacial score (nSPS) is 9.80. The second kappa shape index (κ2) is 2.66. The highest BCUT2D eigenvalue weighted by atomic mass is 16.3. The van der Waals surface area contributed by atoms with Crippen molar-refractivity contribution in [2.24, 2.45) is 0 Å². The van der Waals surface area contributed by atoms with E-state index in [0.29, 0.717) is 5.69 Å². The molecule has 54 valence electrons. The molecule has 3 nitrogen and oxygen atoms in total. The molecule has 0 unspecified atom stereocenters. The summed E-state index contributed by atoms with van der Waals surface area (Å²) in [6, 6.07) is 1.64. The Bertz CT molecular complexity index is 240. The number of nitrogens with one attached hydrogen (secondary N) is 1. The van der Waals surface area contributed by atoms with E-state index in [0.717, 1.165) is 5.56 Å². The average molecular weight is 139 g/mol. The zero-order valence-electron chi connectivity index (χ0n) is 5.72. The highest BCUT2D eigenvalue weighted by Gasteiger charge is 2.00. The molecule has 0 saturated heterocycles. The number of aromatic amines is 1. The highest BCUT2D eigenvalue weighted by Crippen LogP contribution is 2.02. The lowest BCUT2D eigenvalue weighted by Gasteiger charge is -1.83. The molecule has 0 radical (unpaired) electrons. The van der Waals surface area contributed by atoms with Gasteiger partial charge < -0.3 is 10.1 Å². The summed E-state index contributed by atoms with van der Waals surface area (Å²) >= 11 is 0. The van der Waals surface area contributed by atoms with Gasteiger partial charge in [-0.2, -0.15) is 0 Å². The molecule has 1 aromatic heterocycles. The minimum Gasteiger partial charge on any atom is -0.392 e. The van der Waals surface area contributed by atoms with E-state index in [4.69, 9.17) is 5.11 Å². The number of ketones is 1. The first-order chi connectivity index (χ1) is 4.74. The molecule has 0 aliphatic heterocycles. The molecule has 0 aliphatic rings. The van der Waals surface area contributed by atoms with Crippen LogP contribution in [0.1, 0.15) is 23.0 Å². The summed E-state index contributed by atoms with van der Waals surface area (Å²) < 4.78 is 0. The Balaban J connectivity index is 2.88. The van der Waals surface area contributed by atoms with E-state index in [2.05, 4.69) is 4.98 Å². The van der Waals surface area contributed by atoms with Gasteiger partial charge in [0.1, 0.15) is 0 Å². The van der Waals surface area contributed by atoms with Crippen LogP contribution >= 0.6 is 0 Å². The Hall–Kier alpha value is -1.09. The number of aliphatic hydroxyl groups is 1. The SMILES string of the molecule is CC(=O)c1cc(CO)c[nH]1. The largest absolute Gasteiger partial charge is 0.392 e. The Kier molecular flexibility index (Phi) is 1.87. The van der Waals surface area contributed by atoms with Gasteiger partial charge in [-0.05, 0) is 11.6 Å². The summed E-state index contributed by atoms with van der Waals surface area (Å²) in [6.45, 7) is 1.46. The van der Waals surface area contributed by atoms with E-state index in [-0.39, 0.29) is 12.4 Å². The molecule has 0 amide bonds. The van der Waals surface area contributed by atoms with Gasteiger partial charge in [-0.1, -0.05) is 0 Å². The van der Waals surface area contributed by atoms with Crippen LogP contribution in [0.4, 0.5) is 0 Å². The van der Waals surface area contributed by atoms with Gasteiger partial charge in [0.2, 0.25) is 0 Å². The van der Waals surface area contributed by atoms with Gasteiger partial charge in [-0.3, -0.25) is 4.79 Å². The molecule has 0 aliphatic carbocycles. The summed E-state index contributed by atoms with van der Waals surface area (Å²) in [5.41, 5.74) is 1.29. The smallest absolute Gasteiger partial charge is 0.175 e. The number of aliphatic hydroxyl groups excluding tert-OH is 1. The van der Waals surface area contributed by atoms with Crippen LogP contribution in [-0.4, -0.2) is 15.9 Å². The standard InChI is InChI=1S/C7H9NO2/c1-5(10)7-2-6(4-9)3-8-7/h2-3,8-9H,4H2,1H3. The molecule has 1 heterocycles. The van der Waals surface area contributed by atoms with Crippen LogP contribution in [0.5, 0.6) is 0 Å². The lowest BCUT2D eigenvalue weighted by atomic mass is 10.3. The number of H-pyrrole nitrogens is 1. The second-order valence-corrected chi connectivity index (χ2v) is 2.14. The lowest BCUT2D eigenvalue weighted by molar-refractivity contribution is 0.101. The van der Waals surface area contributed by atoms with Crippen molar-refractivity contribution in [3.8, 4) is 0 Å². The highest BCUT2D eigenvalue weighted by molar-refractivity contribution is 5.92. The van der Waals surface area contributed by atoms with Crippen molar-refractivity contribution in [2.45, 2.75) is 13.5 Å². The summed E-state index contributed by atoms with van der Waals surface area (Å²) in [4.78, 5) is 13.4. The van der Waals surface area contributed by atoms with Crippen molar-refractivity contribution in [3.63, 3.8) is 0 Å². The van der Waals surface area contributed by atoms with E-state index < -0.39 is 0 Å². The molecule has 3 heteroatoms. The maximum Gasteiger partial charge on any atom is 0.175 e. The maximum atomic E-state index is 10.7. The summed E-state index contributed by atoms with van der Waals surface area (Å²) in [5, 5.41) is 8.60. The third-order valence-electron chi connectivity index (χ3n) is 1.30. The number of aromatic nitrogens is 1. The van der Waals surface area contributed by atoms with Gasteiger partial charge in [0, 0.05) is 13.1 Å². The average Bonchev–Trinajstić information content (AvgIpc) is 2.34. The molecule has 0 bridgehead atoms. The summed E-state index contributed by atoms with van der Waals surface area (Å²) in [5.74, 6) is -0.0142. The Labute approximate surface area is 58.7 Å². The van der Waals surface area contributed by atoms with Crippen molar-refractivity contribution < 1.29 is 9.90 Å². The quantitative estimate of drug-likeness (QED) is 0.593. The Morgan fingerprint density at radius 3 is 2.80 bits per heavy atom. The Morgan fingerprint density at radius 1 is 1.80 bits per heavy atom. The van der Waals surface area contributed by atoms with Gasteiger partial charge >= 0.3 is 0 Å². The molecule has 10 heavy (non-hydrogen) atoms. The zero-order valence-corrected chi connectivity index (χ0v) is 5.72. The number of rotatable bonds is 2. The van der Waals surface area contributed by atoms with Gasteiger partial charge in [0.05, 0.1) is 12.3 Å². The van der Waals surface area contributed by atoms with Crippen molar-refractivity contribution >= 4 is 5.78 Å². The van der Waals surface area contributed by atoms with Crippen LogP contribution in [0, 0.1) is 0 Å². The molecule has 2 N–H and O–H groups in total. The minimum absolute atomic E-state index is 0.0142. The molecular weight excluding hydrogens is 130 g/mol. The number of hydrogen-bond donors (Lipinski definition) is 2. The first-order valence-corrected chi connectivity index (χ1v) is 3.03. The van der Waals surface area contributed by atoms with Crippen molar-refractivity contribution in [1.29, 1.82) is 0 Å². The fraction of sp³-hybridized carbons (Fsp3) is 0.286. The van der Waals surface area contributed by atoms with Gasteiger partial charge in [-0.25, -0.2) is 0 Å². The lowest BCUT2D eigenvalue weighted by Crippen LogP contribution is -1.89. The van der Waals surface area contributed by atoms with Crippen LogP contribution in [0.3, 0.4) is 0 Å². The van der Waals surface area contributed by atoms with Crippen LogP contribution in [0.25, 0.3) is 0 Å². The number of carbonyl (C=O) groups is 1. The van der Waals surface area contributed by atoms with E-state index in [9.17, 15) is 4.79 Å². The van der Waals surface area contributed by atoms with Crippen molar-refractivity contribution in [3.05, 3.63) is 23.5 Å². The second-order valence-electron chi connectivity index (χ2n) is 2.14. The molecule has 1 rings (SSSR count). The van der Waals surface area contributed by atoms with Crippen LogP contribution in [-0.2, 0) is 6.61 Å². The third-order valence-corrected chi connectivity index (χ3v) is 1.30. The van der Waals surface area contributed by atoms with E-state index in [1.54, 1.807) is 12.3 Å². The van der Waals surface area contributed by atoms with Gasteiger partial charge in [0.25, 0.3) is 0 Å². The summed E-state index contributed by atoms with van der Waals surface area (Å²) in [7, 11) is 0. The maximum absolute atomic E-state index is 10.7. The molecule has 0 atom stereocenters. The van der Waals surface area contributed by atoms with Gasteiger partial charge in [0.15, 0.2) is 5.78 Å². The molecule has 0 aromatic carbocycles. The van der Waals surface area contributed by atoms with Crippen molar-refractivity contribution in [2.75, 3.05) is 0 Å². The summed E-state index contributed by atoms with van der Waals surface area (Å²) in [6.07, 6.45) is 1.62. The van der Waals surface area contributed by atoms with Crippen LogP contribution in [0.15, 0.2) is 12.3 Å². The van der Waals surface area contributed by atoms with E-state index >= 15 is 0 Å². The number of carbonyl (C=O) groups excluding carboxylic acids is 1. The van der Waals surface area contributed by atoms with Crippen LogP contribution in [0.2, 0.25) is 0 Å². The van der Waals surface area contributed by atoms with Gasteiger partial charge in [-0.15, -0.1) is 0 Å².